The lowest BCUT2D eigenvalue weighted by Gasteiger charge is -2.17. The van der Waals surface area contributed by atoms with Crippen molar-refractivity contribution in [2.45, 2.75) is 47.6 Å². The minimum absolute atomic E-state index is 0.314. The van der Waals surface area contributed by atoms with Crippen LogP contribution < -0.4 is 10.6 Å². The molecule has 0 saturated carbocycles. The van der Waals surface area contributed by atoms with E-state index in [1.807, 2.05) is 0 Å². The fraction of sp³-hybridized carbons (Fsp3) is 0.846. The van der Waals surface area contributed by atoms with E-state index in [4.69, 9.17) is 4.42 Å². The highest BCUT2D eigenvalue weighted by Gasteiger charge is 2.11. The van der Waals surface area contributed by atoms with Crippen LogP contribution >= 0.6 is 0 Å². The maximum Gasteiger partial charge on any atom is 0.315 e. The van der Waals surface area contributed by atoms with Crippen molar-refractivity contribution in [2.75, 3.05) is 18.4 Å². The van der Waals surface area contributed by atoms with Gasteiger partial charge in [0.15, 0.2) is 0 Å². The zero-order valence-corrected chi connectivity index (χ0v) is 12.2. The largest absolute Gasteiger partial charge is 0.407 e. The van der Waals surface area contributed by atoms with E-state index >= 15 is 0 Å². The average Bonchev–Trinajstić information content (AvgIpc) is 2.63. The van der Waals surface area contributed by atoms with Crippen molar-refractivity contribution in [1.82, 2.24) is 15.5 Å². The normalized spacial score (nSPS) is 12.1. The number of hydrogen-bond acceptors (Lipinski definition) is 5. The summed E-state index contributed by atoms with van der Waals surface area (Å²) in [4.78, 5) is 0. The first-order valence-electron chi connectivity index (χ1n) is 6.64. The Morgan fingerprint density at radius 1 is 1.22 bits per heavy atom. The van der Waals surface area contributed by atoms with Crippen LogP contribution in [0.3, 0.4) is 0 Å². The van der Waals surface area contributed by atoms with Crippen molar-refractivity contribution in [3.8, 4) is 0 Å². The summed E-state index contributed by atoms with van der Waals surface area (Å²) in [7, 11) is 0. The molecule has 0 fully saturated rings. The monoisotopic (exact) mass is 254 g/mol. The summed E-state index contributed by atoms with van der Waals surface area (Å²) in [5, 5.41) is 14.4. The molecule has 0 aliphatic rings. The van der Waals surface area contributed by atoms with Crippen LogP contribution in [0.25, 0.3) is 0 Å². The summed E-state index contributed by atoms with van der Waals surface area (Å²) < 4.78 is 5.48. The molecular formula is C13H26N4O. The Morgan fingerprint density at radius 3 is 2.56 bits per heavy atom. The average molecular weight is 254 g/mol. The van der Waals surface area contributed by atoms with Crippen molar-refractivity contribution in [3.63, 3.8) is 0 Å². The Bertz CT molecular complexity index is 341. The number of rotatable bonds is 7. The predicted molar refractivity (Wildman–Crippen MR) is 73.4 cm³/mol. The first-order chi connectivity index (χ1) is 8.37. The summed E-state index contributed by atoms with van der Waals surface area (Å²) in [6.07, 6.45) is 1.07. The number of hydrogen-bond donors (Lipinski definition) is 2. The molecule has 5 nitrogen and oxygen atoms in total. The molecule has 0 amide bonds. The molecule has 1 heterocycles. The Morgan fingerprint density at radius 2 is 1.94 bits per heavy atom. The van der Waals surface area contributed by atoms with Gasteiger partial charge in [0.05, 0.1) is 6.54 Å². The van der Waals surface area contributed by atoms with E-state index in [0.29, 0.717) is 29.8 Å². The molecule has 18 heavy (non-hydrogen) atoms. The lowest BCUT2D eigenvalue weighted by molar-refractivity contribution is 0.386. The van der Waals surface area contributed by atoms with Gasteiger partial charge in [0.1, 0.15) is 0 Å². The highest BCUT2D eigenvalue weighted by atomic mass is 16.4. The summed E-state index contributed by atoms with van der Waals surface area (Å²) in [5.74, 6) is 1.26. The van der Waals surface area contributed by atoms with Crippen LogP contribution in [-0.2, 0) is 6.54 Å². The molecule has 0 unspecified atom stereocenters. The van der Waals surface area contributed by atoms with Gasteiger partial charge >= 0.3 is 6.01 Å². The molecule has 1 aromatic heterocycles. The minimum atomic E-state index is 0.314. The van der Waals surface area contributed by atoms with Gasteiger partial charge in [0, 0.05) is 6.54 Å². The molecule has 0 bridgehead atoms. The van der Waals surface area contributed by atoms with Crippen LogP contribution in [0.1, 0.15) is 46.9 Å². The minimum Gasteiger partial charge on any atom is -0.407 e. The fourth-order valence-corrected chi connectivity index (χ4v) is 1.41. The zero-order valence-electron chi connectivity index (χ0n) is 12.2. The van der Waals surface area contributed by atoms with Gasteiger partial charge in [-0.25, -0.2) is 0 Å². The Labute approximate surface area is 110 Å². The fourth-order valence-electron chi connectivity index (χ4n) is 1.41. The first-order valence-corrected chi connectivity index (χ1v) is 6.64. The van der Waals surface area contributed by atoms with Crippen molar-refractivity contribution in [1.29, 1.82) is 0 Å². The van der Waals surface area contributed by atoms with Crippen molar-refractivity contribution >= 4 is 6.01 Å². The Kier molecular flexibility index (Phi) is 5.59. The van der Waals surface area contributed by atoms with Gasteiger partial charge < -0.3 is 15.1 Å². The summed E-state index contributed by atoms with van der Waals surface area (Å²) in [6.45, 7) is 13.4. The second kappa shape index (κ2) is 6.73. The Balaban J connectivity index is 2.26. The van der Waals surface area contributed by atoms with Crippen LogP contribution in [0, 0.1) is 11.3 Å². The molecule has 0 aliphatic heterocycles. The molecule has 0 radical (unpaired) electrons. The van der Waals surface area contributed by atoms with E-state index in [2.05, 4.69) is 55.4 Å². The van der Waals surface area contributed by atoms with Gasteiger partial charge in [-0.2, -0.15) is 0 Å². The van der Waals surface area contributed by atoms with E-state index in [1.54, 1.807) is 0 Å². The predicted octanol–water partition coefficient (Wildman–Crippen LogP) is 2.66. The summed E-state index contributed by atoms with van der Waals surface area (Å²) in [6, 6.07) is 0.514. The SMILES string of the molecule is CC(C)CNCc1nnc(NCCC(C)(C)C)o1. The number of nitrogens with zero attached hydrogens (tertiary/aromatic N) is 2. The molecule has 0 aliphatic carbocycles. The maximum absolute atomic E-state index is 5.48. The van der Waals surface area contributed by atoms with Crippen LogP contribution in [0.2, 0.25) is 0 Å². The van der Waals surface area contributed by atoms with E-state index in [1.165, 1.54) is 0 Å². The van der Waals surface area contributed by atoms with E-state index in [9.17, 15) is 0 Å². The second-order valence-corrected chi connectivity index (χ2v) is 6.26. The van der Waals surface area contributed by atoms with Gasteiger partial charge in [0.2, 0.25) is 5.89 Å². The standard InChI is InChI=1S/C13H26N4O/c1-10(2)8-14-9-11-16-17-12(18-11)15-7-6-13(3,4)5/h10,14H,6-9H2,1-5H3,(H,15,17). The van der Waals surface area contributed by atoms with Crippen LogP contribution in [-0.4, -0.2) is 23.3 Å². The van der Waals surface area contributed by atoms with Gasteiger partial charge in [0.25, 0.3) is 0 Å². The van der Waals surface area contributed by atoms with Crippen LogP contribution in [0.15, 0.2) is 4.42 Å². The molecule has 0 aromatic carbocycles. The first kappa shape index (κ1) is 15.0. The quantitative estimate of drug-likeness (QED) is 0.783. The molecule has 1 rings (SSSR count). The molecule has 104 valence electrons. The molecule has 2 N–H and O–H groups in total. The second-order valence-electron chi connectivity index (χ2n) is 6.26. The lowest BCUT2D eigenvalue weighted by Crippen LogP contribution is -2.19. The summed E-state index contributed by atoms with van der Waals surface area (Å²) in [5.41, 5.74) is 0.314. The molecule has 0 atom stereocenters. The van der Waals surface area contributed by atoms with E-state index < -0.39 is 0 Å². The third-order valence-corrected chi connectivity index (χ3v) is 2.45. The number of aromatic nitrogens is 2. The highest BCUT2D eigenvalue weighted by molar-refractivity contribution is 5.16. The maximum atomic E-state index is 5.48. The Hall–Kier alpha value is -1.10. The molecule has 5 heteroatoms. The van der Waals surface area contributed by atoms with Gasteiger partial charge in [-0.15, -0.1) is 5.10 Å². The smallest absolute Gasteiger partial charge is 0.315 e. The molecular weight excluding hydrogens is 228 g/mol. The van der Waals surface area contributed by atoms with Crippen molar-refractivity contribution in [2.24, 2.45) is 11.3 Å². The number of anilines is 1. The highest BCUT2D eigenvalue weighted by Crippen LogP contribution is 2.18. The number of nitrogens with one attached hydrogen (secondary N) is 2. The van der Waals surface area contributed by atoms with Gasteiger partial charge in [-0.05, 0) is 24.3 Å². The summed E-state index contributed by atoms with van der Waals surface area (Å²) >= 11 is 0. The van der Waals surface area contributed by atoms with Crippen LogP contribution in [0.4, 0.5) is 6.01 Å². The lowest BCUT2D eigenvalue weighted by atomic mass is 9.92. The third-order valence-electron chi connectivity index (χ3n) is 2.45. The van der Waals surface area contributed by atoms with Crippen molar-refractivity contribution in [3.05, 3.63) is 5.89 Å². The molecule has 0 spiro atoms. The molecule has 0 saturated heterocycles. The zero-order chi connectivity index (χ0) is 13.6. The topological polar surface area (TPSA) is 63.0 Å². The van der Waals surface area contributed by atoms with Crippen molar-refractivity contribution < 1.29 is 4.42 Å². The van der Waals surface area contributed by atoms with Gasteiger partial charge in [-0.1, -0.05) is 39.7 Å². The van der Waals surface area contributed by atoms with E-state index in [-0.39, 0.29) is 0 Å². The van der Waals surface area contributed by atoms with E-state index in [0.717, 1.165) is 19.5 Å². The third kappa shape index (κ3) is 6.59. The van der Waals surface area contributed by atoms with Crippen LogP contribution in [0.5, 0.6) is 0 Å². The molecule has 1 aromatic rings. The van der Waals surface area contributed by atoms with Gasteiger partial charge in [-0.3, -0.25) is 0 Å².